The normalized spacial score (nSPS) is 18.7. The van der Waals surface area contributed by atoms with Crippen LogP contribution >= 0.6 is 0 Å². The van der Waals surface area contributed by atoms with Gasteiger partial charge < -0.3 is 9.80 Å². The van der Waals surface area contributed by atoms with Crippen molar-refractivity contribution < 1.29 is 13.2 Å². The lowest BCUT2D eigenvalue weighted by Crippen LogP contribution is -2.37. The number of amides is 1. The van der Waals surface area contributed by atoms with Crippen LogP contribution in [0.25, 0.3) is 0 Å². The summed E-state index contributed by atoms with van der Waals surface area (Å²) in [6.07, 6.45) is 3.70. The van der Waals surface area contributed by atoms with E-state index in [0.717, 1.165) is 11.4 Å². The lowest BCUT2D eigenvalue weighted by molar-refractivity contribution is 0.0747. The van der Waals surface area contributed by atoms with Crippen LogP contribution < -0.4 is 4.90 Å². The molecule has 0 saturated carbocycles. The van der Waals surface area contributed by atoms with Gasteiger partial charge in [0.1, 0.15) is 0 Å². The highest BCUT2D eigenvalue weighted by Crippen LogP contribution is 2.24. The number of hydrogen-bond acceptors (Lipinski definition) is 5. The van der Waals surface area contributed by atoms with Gasteiger partial charge in [0.15, 0.2) is 9.84 Å². The number of rotatable bonds is 4. The molecule has 1 fully saturated rings. The molecule has 1 amide bonds. The quantitative estimate of drug-likeness (QED) is 0.836. The van der Waals surface area contributed by atoms with E-state index in [2.05, 4.69) is 4.98 Å². The molecule has 1 aromatic heterocycles. The topological polar surface area (TPSA) is 70.6 Å². The molecule has 2 heterocycles. The molecule has 25 heavy (non-hydrogen) atoms. The SMILES string of the molecule is CN(c1ccccc1)c1cncc(C(=O)N(C)C2CCS(=O)(=O)C2)c1. The first-order chi connectivity index (χ1) is 11.9. The smallest absolute Gasteiger partial charge is 0.255 e. The summed E-state index contributed by atoms with van der Waals surface area (Å²) >= 11 is 0. The number of hydrogen-bond donors (Lipinski definition) is 0. The predicted octanol–water partition coefficient (Wildman–Crippen LogP) is 2.11. The molecule has 0 radical (unpaired) electrons. The molecular weight excluding hydrogens is 338 g/mol. The second-order valence-electron chi connectivity index (χ2n) is 6.30. The Hall–Kier alpha value is -2.41. The third-order valence-electron chi connectivity index (χ3n) is 4.58. The minimum absolute atomic E-state index is 0.0340. The molecule has 6 nitrogen and oxygen atoms in total. The van der Waals surface area contributed by atoms with Crippen LogP contribution in [0.1, 0.15) is 16.8 Å². The Morgan fingerprint density at radius 1 is 1.12 bits per heavy atom. The first-order valence-electron chi connectivity index (χ1n) is 8.09. The van der Waals surface area contributed by atoms with Gasteiger partial charge in [0, 0.05) is 32.0 Å². The molecule has 1 aromatic carbocycles. The highest BCUT2D eigenvalue weighted by Gasteiger charge is 2.33. The van der Waals surface area contributed by atoms with E-state index in [4.69, 9.17) is 0 Å². The number of carbonyl (C=O) groups excluding carboxylic acids is 1. The predicted molar refractivity (Wildman–Crippen MR) is 97.9 cm³/mol. The maximum atomic E-state index is 12.7. The molecular formula is C18H21N3O3S. The van der Waals surface area contributed by atoms with Crippen LogP contribution in [0.5, 0.6) is 0 Å². The number of sulfone groups is 1. The summed E-state index contributed by atoms with van der Waals surface area (Å²) in [5.41, 5.74) is 2.24. The second-order valence-corrected chi connectivity index (χ2v) is 8.53. The molecule has 1 unspecified atom stereocenters. The van der Waals surface area contributed by atoms with E-state index in [0.29, 0.717) is 12.0 Å². The van der Waals surface area contributed by atoms with Gasteiger partial charge >= 0.3 is 0 Å². The molecule has 0 bridgehead atoms. The van der Waals surface area contributed by atoms with Gasteiger partial charge in [-0.25, -0.2) is 8.42 Å². The molecule has 1 atom stereocenters. The molecule has 1 aliphatic heterocycles. The Morgan fingerprint density at radius 2 is 1.84 bits per heavy atom. The molecule has 1 aliphatic rings. The molecule has 132 valence electrons. The van der Waals surface area contributed by atoms with Gasteiger partial charge in [0.05, 0.1) is 29.0 Å². The van der Waals surface area contributed by atoms with Crippen molar-refractivity contribution in [1.29, 1.82) is 0 Å². The second kappa shape index (κ2) is 6.84. The lowest BCUT2D eigenvalue weighted by atomic mass is 10.1. The van der Waals surface area contributed by atoms with E-state index in [1.807, 2.05) is 42.3 Å². The van der Waals surface area contributed by atoms with Crippen molar-refractivity contribution in [1.82, 2.24) is 9.88 Å². The van der Waals surface area contributed by atoms with E-state index >= 15 is 0 Å². The summed E-state index contributed by atoms with van der Waals surface area (Å²) in [5, 5.41) is 0. The van der Waals surface area contributed by atoms with Gasteiger partial charge in [0.2, 0.25) is 0 Å². The monoisotopic (exact) mass is 359 g/mol. The average Bonchev–Trinajstić information content (AvgIpc) is 3.00. The van der Waals surface area contributed by atoms with Gasteiger partial charge in [-0.3, -0.25) is 9.78 Å². The first kappa shape index (κ1) is 17.4. The lowest BCUT2D eigenvalue weighted by Gasteiger charge is -2.24. The van der Waals surface area contributed by atoms with Crippen LogP contribution in [0.15, 0.2) is 48.8 Å². The fourth-order valence-electron chi connectivity index (χ4n) is 2.98. The Bertz CT molecular complexity index is 868. The summed E-state index contributed by atoms with van der Waals surface area (Å²) in [6.45, 7) is 0. The number of aromatic nitrogens is 1. The fraction of sp³-hybridized carbons (Fsp3) is 0.333. The minimum atomic E-state index is -3.03. The van der Waals surface area contributed by atoms with E-state index in [-0.39, 0.29) is 23.5 Å². The van der Waals surface area contributed by atoms with Crippen LogP contribution in [-0.2, 0) is 9.84 Å². The van der Waals surface area contributed by atoms with E-state index < -0.39 is 9.84 Å². The summed E-state index contributed by atoms with van der Waals surface area (Å²) in [7, 11) is 0.533. The maximum Gasteiger partial charge on any atom is 0.255 e. The van der Waals surface area contributed by atoms with Gasteiger partial charge in [-0.1, -0.05) is 18.2 Å². The zero-order valence-electron chi connectivity index (χ0n) is 14.3. The highest BCUT2D eigenvalue weighted by molar-refractivity contribution is 7.91. The van der Waals surface area contributed by atoms with Crippen LogP contribution in [0, 0.1) is 0 Å². The number of pyridine rings is 1. The van der Waals surface area contributed by atoms with Crippen LogP contribution in [0.2, 0.25) is 0 Å². The van der Waals surface area contributed by atoms with Crippen molar-refractivity contribution in [2.45, 2.75) is 12.5 Å². The minimum Gasteiger partial charge on any atom is -0.343 e. The van der Waals surface area contributed by atoms with E-state index in [1.165, 1.54) is 11.1 Å². The van der Waals surface area contributed by atoms with Gasteiger partial charge in [-0.15, -0.1) is 0 Å². The van der Waals surface area contributed by atoms with E-state index in [9.17, 15) is 13.2 Å². The molecule has 2 aromatic rings. The molecule has 0 spiro atoms. The van der Waals surface area contributed by atoms with Crippen molar-refractivity contribution in [3.8, 4) is 0 Å². The molecule has 0 aliphatic carbocycles. The number of anilines is 2. The number of carbonyl (C=O) groups is 1. The van der Waals surface area contributed by atoms with E-state index in [1.54, 1.807) is 19.3 Å². The van der Waals surface area contributed by atoms with Crippen molar-refractivity contribution in [2.24, 2.45) is 0 Å². The third-order valence-corrected chi connectivity index (χ3v) is 6.33. The van der Waals surface area contributed by atoms with Gasteiger partial charge in [-0.05, 0) is 24.6 Å². The Morgan fingerprint density at radius 3 is 2.48 bits per heavy atom. The number of benzene rings is 1. The largest absolute Gasteiger partial charge is 0.343 e. The first-order valence-corrected chi connectivity index (χ1v) is 9.91. The van der Waals surface area contributed by atoms with Crippen LogP contribution in [0.4, 0.5) is 11.4 Å². The Balaban J connectivity index is 1.80. The Labute approximate surface area is 148 Å². The van der Waals surface area contributed by atoms with Crippen molar-refractivity contribution in [3.63, 3.8) is 0 Å². The molecule has 0 N–H and O–H groups in total. The Kier molecular flexibility index (Phi) is 4.76. The summed E-state index contributed by atoms with van der Waals surface area (Å²) in [4.78, 5) is 20.4. The van der Waals surface area contributed by atoms with Gasteiger partial charge in [-0.2, -0.15) is 0 Å². The van der Waals surface area contributed by atoms with Crippen LogP contribution in [-0.4, -0.2) is 55.9 Å². The van der Waals surface area contributed by atoms with Crippen molar-refractivity contribution in [2.75, 3.05) is 30.5 Å². The van der Waals surface area contributed by atoms with Crippen LogP contribution in [0.3, 0.4) is 0 Å². The third kappa shape index (κ3) is 3.82. The molecule has 1 saturated heterocycles. The standard InChI is InChI=1S/C18H21N3O3S/c1-20(15-6-4-3-5-7-15)17-10-14(11-19-12-17)18(22)21(2)16-8-9-25(23,24)13-16/h3-7,10-12,16H,8-9,13H2,1-2H3. The summed E-state index contributed by atoms with van der Waals surface area (Å²) in [6, 6.07) is 11.3. The van der Waals surface area contributed by atoms with Gasteiger partial charge in [0.25, 0.3) is 5.91 Å². The number of para-hydroxylation sites is 1. The fourth-order valence-corrected chi connectivity index (χ4v) is 4.75. The van der Waals surface area contributed by atoms with Crippen molar-refractivity contribution in [3.05, 3.63) is 54.4 Å². The zero-order chi connectivity index (χ0) is 18.0. The van der Waals surface area contributed by atoms with Crippen molar-refractivity contribution >= 4 is 27.1 Å². The molecule has 3 rings (SSSR count). The summed E-state index contributed by atoms with van der Waals surface area (Å²) < 4.78 is 23.3. The molecule has 7 heteroatoms. The highest BCUT2D eigenvalue weighted by atomic mass is 32.2. The number of nitrogens with zero attached hydrogens (tertiary/aromatic N) is 3. The average molecular weight is 359 g/mol. The zero-order valence-corrected chi connectivity index (χ0v) is 15.1. The summed E-state index contributed by atoms with van der Waals surface area (Å²) in [5.74, 6) is -0.0331. The maximum absolute atomic E-state index is 12.7.